The molecule has 2 aliphatic carbocycles. The van der Waals surface area contributed by atoms with Crippen LogP contribution in [0.1, 0.15) is 54.0 Å². The number of carbonyl (C=O) groups excluding carboxylic acids is 1. The number of pyridine rings is 1. The topological polar surface area (TPSA) is 116 Å². The van der Waals surface area contributed by atoms with Crippen LogP contribution >= 0.6 is 11.6 Å². The minimum absolute atomic E-state index is 0.107. The second-order valence-electron chi connectivity index (χ2n) is 10.6. The SMILES string of the molecule is O=C(Nc1cc(N2C[C@@H](O)[C@@H](O)[C@@H]2c2cn3cc(C4CC4)ccc3n2)ncn1)[C@H]1CC1c1cccc(Cl)c1. The van der Waals surface area contributed by atoms with Gasteiger partial charge in [-0.2, -0.15) is 0 Å². The third-order valence-electron chi connectivity index (χ3n) is 7.88. The van der Waals surface area contributed by atoms with Gasteiger partial charge in [0.25, 0.3) is 0 Å². The molecule has 1 saturated heterocycles. The van der Waals surface area contributed by atoms with Crippen LogP contribution in [0.5, 0.6) is 0 Å². The van der Waals surface area contributed by atoms with Gasteiger partial charge >= 0.3 is 0 Å². The number of β-amino-alcohol motifs (C(OH)–C–C–N with tert-alkyl or cyclic N) is 1. The van der Waals surface area contributed by atoms with E-state index in [0.29, 0.717) is 28.3 Å². The number of fused-ring (bicyclic) bond motifs is 1. The maximum atomic E-state index is 12.9. The van der Waals surface area contributed by atoms with Gasteiger partial charge in [-0.25, -0.2) is 15.0 Å². The number of aromatic nitrogens is 4. The molecule has 0 radical (unpaired) electrons. The molecule has 10 heteroatoms. The fraction of sp³-hybridized carbons (Fsp3) is 0.357. The van der Waals surface area contributed by atoms with E-state index in [1.54, 1.807) is 6.07 Å². The van der Waals surface area contributed by atoms with E-state index in [4.69, 9.17) is 16.6 Å². The van der Waals surface area contributed by atoms with Crippen molar-refractivity contribution in [2.75, 3.05) is 16.8 Å². The van der Waals surface area contributed by atoms with Gasteiger partial charge in [-0.15, -0.1) is 0 Å². The van der Waals surface area contributed by atoms with Gasteiger partial charge < -0.3 is 24.8 Å². The summed E-state index contributed by atoms with van der Waals surface area (Å²) in [5.74, 6) is 1.37. The number of imidazole rings is 1. The van der Waals surface area contributed by atoms with Crippen molar-refractivity contribution in [3.05, 3.63) is 83.0 Å². The van der Waals surface area contributed by atoms with Gasteiger partial charge in [-0.1, -0.05) is 29.8 Å². The van der Waals surface area contributed by atoms with Gasteiger partial charge in [0.2, 0.25) is 5.91 Å². The number of aliphatic hydroxyl groups excluding tert-OH is 2. The number of aliphatic hydroxyl groups is 2. The maximum absolute atomic E-state index is 12.9. The summed E-state index contributed by atoms with van der Waals surface area (Å²) in [5, 5.41) is 25.0. The van der Waals surface area contributed by atoms with Crippen molar-refractivity contribution in [3.8, 4) is 0 Å². The summed E-state index contributed by atoms with van der Waals surface area (Å²) >= 11 is 6.11. The van der Waals surface area contributed by atoms with E-state index < -0.39 is 18.2 Å². The minimum atomic E-state index is -1.04. The summed E-state index contributed by atoms with van der Waals surface area (Å²) in [6.07, 6.45) is 6.56. The summed E-state index contributed by atoms with van der Waals surface area (Å²) in [6, 6.07) is 12.8. The molecule has 1 amide bonds. The Bertz CT molecular complexity index is 1540. The Morgan fingerprint density at radius 1 is 1.05 bits per heavy atom. The molecule has 0 bridgehead atoms. The van der Waals surface area contributed by atoms with Crippen LogP contribution in [0.15, 0.2) is 61.2 Å². The van der Waals surface area contributed by atoms with E-state index in [2.05, 4.69) is 27.5 Å². The van der Waals surface area contributed by atoms with Crippen LogP contribution in [0.4, 0.5) is 11.6 Å². The highest BCUT2D eigenvalue weighted by atomic mass is 35.5. The van der Waals surface area contributed by atoms with E-state index in [1.165, 1.54) is 24.7 Å². The average molecular weight is 531 g/mol. The van der Waals surface area contributed by atoms with Crippen LogP contribution in [0.25, 0.3) is 5.65 Å². The van der Waals surface area contributed by atoms with Gasteiger partial charge in [0.1, 0.15) is 35.8 Å². The van der Waals surface area contributed by atoms with Crippen LogP contribution in [0, 0.1) is 5.92 Å². The zero-order valence-electron chi connectivity index (χ0n) is 20.5. The molecule has 1 aromatic carbocycles. The summed E-state index contributed by atoms with van der Waals surface area (Å²) in [6.45, 7) is 0.177. The molecule has 5 atom stereocenters. The molecule has 3 fully saturated rings. The number of nitrogens with zero attached hydrogens (tertiary/aromatic N) is 5. The Morgan fingerprint density at radius 3 is 2.74 bits per heavy atom. The molecular formula is C28H27ClN6O3. The summed E-state index contributed by atoms with van der Waals surface area (Å²) in [5.41, 5.74) is 3.77. The molecule has 7 rings (SSSR count). The number of benzene rings is 1. The number of anilines is 2. The second-order valence-corrected chi connectivity index (χ2v) is 11.0. The van der Waals surface area contributed by atoms with Crippen molar-refractivity contribution in [3.63, 3.8) is 0 Å². The van der Waals surface area contributed by atoms with Crippen LogP contribution in [0.2, 0.25) is 5.02 Å². The summed E-state index contributed by atoms with van der Waals surface area (Å²) in [7, 11) is 0. The lowest BCUT2D eigenvalue weighted by molar-refractivity contribution is -0.117. The first-order chi connectivity index (χ1) is 18.4. The quantitative estimate of drug-likeness (QED) is 0.348. The second kappa shape index (κ2) is 9.04. The highest BCUT2D eigenvalue weighted by Gasteiger charge is 2.45. The summed E-state index contributed by atoms with van der Waals surface area (Å²) in [4.78, 5) is 28.1. The molecule has 3 N–H and O–H groups in total. The molecule has 1 aliphatic heterocycles. The Labute approximate surface area is 224 Å². The average Bonchev–Trinajstić information content (AvgIpc) is 3.83. The zero-order chi connectivity index (χ0) is 26.0. The van der Waals surface area contributed by atoms with Crippen molar-refractivity contribution in [2.45, 2.75) is 49.3 Å². The molecular weight excluding hydrogens is 504 g/mol. The molecule has 194 valence electrons. The molecule has 2 saturated carbocycles. The van der Waals surface area contributed by atoms with Gasteiger partial charge in [0, 0.05) is 35.9 Å². The first kappa shape index (κ1) is 23.6. The number of hydrogen-bond donors (Lipinski definition) is 3. The summed E-state index contributed by atoms with van der Waals surface area (Å²) < 4.78 is 1.98. The number of nitrogens with one attached hydrogen (secondary N) is 1. The van der Waals surface area contributed by atoms with E-state index in [1.807, 2.05) is 45.8 Å². The lowest BCUT2D eigenvalue weighted by Gasteiger charge is -2.25. The van der Waals surface area contributed by atoms with Crippen LogP contribution < -0.4 is 10.2 Å². The number of hydrogen-bond acceptors (Lipinski definition) is 7. The van der Waals surface area contributed by atoms with E-state index in [9.17, 15) is 15.0 Å². The van der Waals surface area contributed by atoms with E-state index >= 15 is 0 Å². The smallest absolute Gasteiger partial charge is 0.229 e. The molecule has 9 nitrogen and oxygen atoms in total. The normalized spacial score (nSPS) is 26.6. The van der Waals surface area contributed by atoms with E-state index in [-0.39, 0.29) is 24.3 Å². The molecule has 3 aliphatic rings. The fourth-order valence-electron chi connectivity index (χ4n) is 5.60. The van der Waals surface area contributed by atoms with Crippen molar-refractivity contribution in [1.82, 2.24) is 19.4 Å². The molecule has 1 unspecified atom stereocenters. The number of halogens is 1. The van der Waals surface area contributed by atoms with Crippen LogP contribution in [-0.2, 0) is 4.79 Å². The number of rotatable bonds is 6. The Balaban J connectivity index is 1.11. The van der Waals surface area contributed by atoms with Crippen molar-refractivity contribution < 1.29 is 15.0 Å². The predicted molar refractivity (Wildman–Crippen MR) is 142 cm³/mol. The van der Waals surface area contributed by atoms with E-state index in [0.717, 1.165) is 17.6 Å². The molecule has 38 heavy (non-hydrogen) atoms. The zero-order valence-corrected chi connectivity index (χ0v) is 21.2. The van der Waals surface area contributed by atoms with Gasteiger partial charge in [-0.3, -0.25) is 4.79 Å². The van der Waals surface area contributed by atoms with Crippen molar-refractivity contribution in [2.24, 2.45) is 5.92 Å². The third-order valence-corrected chi connectivity index (χ3v) is 8.12. The molecule has 4 heterocycles. The van der Waals surface area contributed by atoms with Gasteiger partial charge in [0.05, 0.1) is 11.8 Å². The fourth-order valence-corrected chi connectivity index (χ4v) is 5.80. The standard InChI is InChI=1S/C28H27ClN6O3/c29-18-3-1-2-16(8-18)19-9-20(19)28(38)33-23-10-25(31-14-30-23)35-13-22(36)27(37)26(35)21-12-34-11-17(15-4-5-15)6-7-24(34)32-21/h1-3,6-8,10-12,14-15,19-20,22,26-27,36-37H,4-5,9,13H2,(H,30,31,33,38)/t19?,20-,22+,26-,27+/m0/s1. The Kier molecular flexibility index (Phi) is 5.61. The lowest BCUT2D eigenvalue weighted by Crippen LogP contribution is -2.29. The van der Waals surface area contributed by atoms with Gasteiger partial charge in [-0.05, 0) is 60.4 Å². The number of carbonyl (C=O) groups is 1. The lowest BCUT2D eigenvalue weighted by atomic mass is 10.1. The van der Waals surface area contributed by atoms with Crippen molar-refractivity contribution in [1.29, 1.82) is 0 Å². The predicted octanol–water partition coefficient (Wildman–Crippen LogP) is 3.68. The molecule has 3 aromatic heterocycles. The van der Waals surface area contributed by atoms with Crippen LogP contribution in [0.3, 0.4) is 0 Å². The van der Waals surface area contributed by atoms with Gasteiger partial charge in [0.15, 0.2) is 0 Å². The maximum Gasteiger partial charge on any atom is 0.229 e. The highest BCUT2D eigenvalue weighted by Crippen LogP contribution is 2.48. The van der Waals surface area contributed by atoms with Crippen molar-refractivity contribution >= 4 is 34.8 Å². The number of amides is 1. The Hall–Kier alpha value is -3.53. The largest absolute Gasteiger partial charge is 0.388 e. The monoisotopic (exact) mass is 530 g/mol. The molecule has 4 aromatic rings. The first-order valence-corrected chi connectivity index (χ1v) is 13.3. The minimum Gasteiger partial charge on any atom is -0.388 e. The third kappa shape index (κ3) is 4.30. The van der Waals surface area contributed by atoms with Crippen LogP contribution in [-0.4, -0.2) is 54.2 Å². The highest BCUT2D eigenvalue weighted by molar-refractivity contribution is 6.30. The first-order valence-electron chi connectivity index (χ1n) is 12.9. The Morgan fingerprint density at radius 2 is 1.92 bits per heavy atom. The molecule has 0 spiro atoms.